The Morgan fingerprint density at radius 3 is 2.00 bits per heavy atom. The Hall–Kier alpha value is -3.43. The predicted octanol–water partition coefficient (Wildman–Crippen LogP) is 1.82. The molecule has 0 saturated carbocycles. The molecule has 35 heavy (non-hydrogen) atoms. The van der Waals surface area contributed by atoms with E-state index in [0.29, 0.717) is 0 Å². The first kappa shape index (κ1) is 24.7. The van der Waals surface area contributed by atoms with Crippen molar-refractivity contribution in [3.8, 4) is 11.1 Å². The van der Waals surface area contributed by atoms with Crippen molar-refractivity contribution in [3.63, 3.8) is 0 Å². The number of benzene rings is 2. The number of likely N-dealkylation sites (tertiary alicyclic amines) is 1. The number of nitrogens with zero attached hydrogens (tertiary/aromatic N) is 1. The standard InChI is InChI=1S/C26H30N2O7/c29-13-16-11-28(12-17(16)14-30)25(33)23(9-10-24(31)32)27-26(34)35-15-22-20-7-3-1-5-18(20)19-6-2-4-8-21(19)22/h1-8,16-17,22-23,29-30H,9-15H2,(H,27,34)(H,31,32)/t16-,17-,23?/m0/s1. The molecule has 1 unspecified atom stereocenters. The zero-order chi connectivity index (χ0) is 24.9. The van der Waals surface area contributed by atoms with E-state index in [1.807, 2.05) is 48.5 Å². The highest BCUT2D eigenvalue weighted by Crippen LogP contribution is 2.44. The summed E-state index contributed by atoms with van der Waals surface area (Å²) in [6.45, 7) is 0.193. The number of hydrogen-bond donors (Lipinski definition) is 4. The third-order valence-electron chi connectivity index (χ3n) is 6.94. The summed E-state index contributed by atoms with van der Waals surface area (Å²) in [5, 5.41) is 30.7. The molecular formula is C26H30N2O7. The van der Waals surface area contributed by atoms with E-state index in [-0.39, 0.29) is 63.5 Å². The molecule has 0 spiro atoms. The topological polar surface area (TPSA) is 136 Å². The van der Waals surface area contributed by atoms with Gasteiger partial charge in [-0.2, -0.15) is 0 Å². The number of carboxylic acid groups (broad SMARTS) is 1. The highest BCUT2D eigenvalue weighted by molar-refractivity contribution is 5.86. The molecule has 1 aliphatic heterocycles. The van der Waals surface area contributed by atoms with Crippen LogP contribution in [-0.4, -0.2) is 77.1 Å². The molecular weight excluding hydrogens is 452 g/mol. The maximum Gasteiger partial charge on any atom is 0.407 e. The molecule has 2 aromatic rings. The summed E-state index contributed by atoms with van der Waals surface area (Å²) in [7, 11) is 0. The van der Waals surface area contributed by atoms with Gasteiger partial charge < -0.3 is 30.3 Å². The highest BCUT2D eigenvalue weighted by atomic mass is 16.5. The molecule has 2 amide bonds. The first-order valence-electron chi connectivity index (χ1n) is 11.8. The van der Waals surface area contributed by atoms with Gasteiger partial charge in [-0.05, 0) is 28.7 Å². The van der Waals surface area contributed by atoms with Gasteiger partial charge in [0, 0.05) is 50.5 Å². The lowest BCUT2D eigenvalue weighted by atomic mass is 9.98. The lowest BCUT2D eigenvalue weighted by Crippen LogP contribution is -2.48. The Morgan fingerprint density at radius 1 is 0.943 bits per heavy atom. The van der Waals surface area contributed by atoms with Gasteiger partial charge >= 0.3 is 12.1 Å². The van der Waals surface area contributed by atoms with Gasteiger partial charge in [0.25, 0.3) is 0 Å². The summed E-state index contributed by atoms with van der Waals surface area (Å²) < 4.78 is 5.53. The molecule has 9 nitrogen and oxygen atoms in total. The van der Waals surface area contributed by atoms with Crippen LogP contribution < -0.4 is 5.32 Å². The van der Waals surface area contributed by atoms with Crippen molar-refractivity contribution in [2.75, 3.05) is 32.9 Å². The Balaban J connectivity index is 1.42. The van der Waals surface area contributed by atoms with E-state index in [2.05, 4.69) is 5.32 Å². The van der Waals surface area contributed by atoms with Crippen LogP contribution in [0.25, 0.3) is 11.1 Å². The van der Waals surface area contributed by atoms with Crippen LogP contribution in [-0.2, 0) is 14.3 Å². The molecule has 2 aromatic carbocycles. The predicted molar refractivity (Wildman–Crippen MR) is 127 cm³/mol. The molecule has 1 aliphatic carbocycles. The van der Waals surface area contributed by atoms with Gasteiger partial charge in [-0.25, -0.2) is 4.79 Å². The third-order valence-corrected chi connectivity index (χ3v) is 6.94. The van der Waals surface area contributed by atoms with Gasteiger partial charge in [0.2, 0.25) is 5.91 Å². The maximum atomic E-state index is 13.1. The molecule has 0 bridgehead atoms. The van der Waals surface area contributed by atoms with Crippen molar-refractivity contribution in [3.05, 3.63) is 59.7 Å². The van der Waals surface area contributed by atoms with E-state index in [9.17, 15) is 24.6 Å². The summed E-state index contributed by atoms with van der Waals surface area (Å²) in [4.78, 5) is 38.4. The number of fused-ring (bicyclic) bond motifs is 3. The second-order valence-corrected chi connectivity index (χ2v) is 9.08. The fourth-order valence-electron chi connectivity index (χ4n) is 5.06. The maximum absolute atomic E-state index is 13.1. The van der Waals surface area contributed by atoms with Gasteiger partial charge in [0.05, 0.1) is 0 Å². The minimum Gasteiger partial charge on any atom is -0.481 e. The molecule has 3 atom stereocenters. The minimum atomic E-state index is -1.08. The van der Waals surface area contributed by atoms with Crippen molar-refractivity contribution in [2.24, 2.45) is 11.8 Å². The molecule has 1 saturated heterocycles. The number of ether oxygens (including phenoxy) is 1. The van der Waals surface area contributed by atoms with Crippen LogP contribution in [0.4, 0.5) is 4.79 Å². The largest absolute Gasteiger partial charge is 0.481 e. The van der Waals surface area contributed by atoms with E-state index in [1.165, 1.54) is 4.90 Å². The van der Waals surface area contributed by atoms with Gasteiger partial charge in [0.15, 0.2) is 0 Å². The fraction of sp³-hybridized carbons (Fsp3) is 0.423. The normalized spacial score (nSPS) is 19.7. The van der Waals surface area contributed by atoms with Crippen LogP contribution in [0.15, 0.2) is 48.5 Å². The van der Waals surface area contributed by atoms with Crippen LogP contribution in [0.2, 0.25) is 0 Å². The molecule has 1 heterocycles. The Kier molecular flexibility index (Phi) is 7.67. The Bertz CT molecular complexity index is 1030. The number of hydrogen-bond acceptors (Lipinski definition) is 6. The van der Waals surface area contributed by atoms with E-state index < -0.39 is 24.0 Å². The molecule has 4 N–H and O–H groups in total. The summed E-state index contributed by atoms with van der Waals surface area (Å²) in [6.07, 6.45) is -1.20. The smallest absolute Gasteiger partial charge is 0.407 e. The number of aliphatic hydroxyl groups is 2. The lowest BCUT2D eigenvalue weighted by molar-refractivity contribution is -0.137. The summed E-state index contributed by atoms with van der Waals surface area (Å²) >= 11 is 0. The number of carboxylic acids is 1. The third kappa shape index (κ3) is 5.31. The Labute approximate surface area is 203 Å². The van der Waals surface area contributed by atoms with E-state index in [4.69, 9.17) is 9.84 Å². The van der Waals surface area contributed by atoms with Crippen LogP contribution in [0.1, 0.15) is 29.9 Å². The van der Waals surface area contributed by atoms with Crippen molar-refractivity contribution in [1.82, 2.24) is 10.2 Å². The summed E-state index contributed by atoms with van der Waals surface area (Å²) in [6, 6.07) is 14.8. The minimum absolute atomic E-state index is 0.0720. The first-order chi connectivity index (χ1) is 16.9. The second-order valence-electron chi connectivity index (χ2n) is 9.08. The molecule has 0 aromatic heterocycles. The molecule has 186 valence electrons. The van der Waals surface area contributed by atoms with Crippen molar-refractivity contribution < 1.29 is 34.4 Å². The number of carbonyl (C=O) groups is 3. The number of nitrogens with one attached hydrogen (secondary N) is 1. The molecule has 1 fully saturated rings. The van der Waals surface area contributed by atoms with Gasteiger partial charge in [-0.3, -0.25) is 9.59 Å². The zero-order valence-corrected chi connectivity index (χ0v) is 19.3. The van der Waals surface area contributed by atoms with Crippen LogP contribution in [0.5, 0.6) is 0 Å². The Morgan fingerprint density at radius 2 is 1.49 bits per heavy atom. The molecule has 9 heteroatoms. The number of aliphatic carboxylic acids is 1. The van der Waals surface area contributed by atoms with E-state index >= 15 is 0 Å². The monoisotopic (exact) mass is 482 g/mol. The molecule has 4 rings (SSSR count). The fourth-order valence-corrected chi connectivity index (χ4v) is 5.06. The van der Waals surface area contributed by atoms with Crippen molar-refractivity contribution in [1.29, 1.82) is 0 Å². The van der Waals surface area contributed by atoms with Crippen LogP contribution >= 0.6 is 0 Å². The number of rotatable bonds is 9. The SMILES string of the molecule is O=C(O)CCC(NC(=O)OCC1c2ccccc2-c2ccccc21)C(=O)N1C[C@@H](CO)[C@H](CO)C1. The van der Waals surface area contributed by atoms with Crippen molar-refractivity contribution in [2.45, 2.75) is 24.8 Å². The van der Waals surface area contributed by atoms with Crippen LogP contribution in [0, 0.1) is 11.8 Å². The number of amides is 2. The van der Waals surface area contributed by atoms with Crippen molar-refractivity contribution >= 4 is 18.0 Å². The summed E-state index contributed by atoms with van der Waals surface area (Å²) in [5.41, 5.74) is 4.30. The quantitative estimate of drug-likeness (QED) is 0.428. The molecule has 0 radical (unpaired) electrons. The average molecular weight is 483 g/mol. The van der Waals surface area contributed by atoms with Gasteiger partial charge in [0.1, 0.15) is 12.6 Å². The molecule has 2 aliphatic rings. The van der Waals surface area contributed by atoms with E-state index in [0.717, 1.165) is 22.3 Å². The second kappa shape index (κ2) is 10.9. The van der Waals surface area contributed by atoms with Gasteiger partial charge in [-0.1, -0.05) is 48.5 Å². The zero-order valence-electron chi connectivity index (χ0n) is 19.3. The first-order valence-corrected chi connectivity index (χ1v) is 11.8. The van der Waals surface area contributed by atoms with E-state index in [1.54, 1.807) is 0 Å². The van der Waals surface area contributed by atoms with Gasteiger partial charge in [-0.15, -0.1) is 0 Å². The summed E-state index contributed by atoms with van der Waals surface area (Å²) in [5.74, 6) is -2.21. The number of aliphatic hydroxyl groups excluding tert-OH is 2. The highest BCUT2D eigenvalue weighted by Gasteiger charge is 2.37. The lowest BCUT2D eigenvalue weighted by Gasteiger charge is -2.24. The van der Waals surface area contributed by atoms with Crippen LogP contribution in [0.3, 0.4) is 0 Å². The number of alkyl carbamates (subject to hydrolysis) is 1. The average Bonchev–Trinajstić information content (AvgIpc) is 3.44. The number of carbonyl (C=O) groups excluding carboxylic acids is 2.